The minimum absolute atomic E-state index is 0.413. The molecule has 4 rings (SSSR count). The summed E-state index contributed by atoms with van der Waals surface area (Å²) in [7, 11) is 0. The van der Waals surface area contributed by atoms with E-state index in [1.165, 1.54) is 56.2 Å². The van der Waals surface area contributed by atoms with Gasteiger partial charge >= 0.3 is 0 Å². The van der Waals surface area contributed by atoms with Crippen LogP contribution in [0.1, 0.15) is 55.7 Å². The van der Waals surface area contributed by atoms with Crippen molar-refractivity contribution in [1.82, 2.24) is 5.32 Å². The molecular formula is C17H23NO. The number of aromatic hydroxyl groups is 1. The molecule has 1 atom stereocenters. The fraction of sp³-hybridized carbons (Fsp3) is 0.647. The molecule has 1 aromatic rings. The van der Waals surface area contributed by atoms with E-state index in [1.54, 1.807) is 0 Å². The molecule has 2 saturated carbocycles. The van der Waals surface area contributed by atoms with Gasteiger partial charge in [-0.1, -0.05) is 6.07 Å². The van der Waals surface area contributed by atoms with Crippen LogP contribution in [0.4, 0.5) is 0 Å². The summed E-state index contributed by atoms with van der Waals surface area (Å²) >= 11 is 0. The van der Waals surface area contributed by atoms with E-state index in [-0.39, 0.29) is 0 Å². The van der Waals surface area contributed by atoms with Crippen LogP contribution in [-0.4, -0.2) is 11.7 Å². The van der Waals surface area contributed by atoms with Crippen LogP contribution in [-0.2, 0) is 6.42 Å². The smallest absolute Gasteiger partial charge is 0.115 e. The largest absolute Gasteiger partial charge is 0.508 e. The van der Waals surface area contributed by atoms with Crippen molar-refractivity contribution in [1.29, 1.82) is 0 Å². The number of aryl methyl sites for hydroxylation is 1. The first-order chi connectivity index (χ1) is 9.27. The maximum Gasteiger partial charge on any atom is 0.115 e. The zero-order valence-corrected chi connectivity index (χ0v) is 11.5. The molecule has 1 unspecified atom stereocenters. The first-order valence-electron chi connectivity index (χ1n) is 7.82. The highest BCUT2D eigenvalue weighted by atomic mass is 16.3. The first kappa shape index (κ1) is 11.8. The molecule has 19 heavy (non-hydrogen) atoms. The molecule has 2 N–H and O–H groups in total. The maximum atomic E-state index is 9.60. The van der Waals surface area contributed by atoms with Crippen LogP contribution in [0.3, 0.4) is 0 Å². The number of phenols is 1. The quantitative estimate of drug-likeness (QED) is 0.864. The molecule has 3 aliphatic carbocycles. The zero-order chi connectivity index (χ0) is 12.9. The van der Waals surface area contributed by atoms with Gasteiger partial charge in [-0.05, 0) is 79.5 Å². The topological polar surface area (TPSA) is 32.3 Å². The Labute approximate surface area is 115 Å². The molecule has 2 heteroatoms. The summed E-state index contributed by atoms with van der Waals surface area (Å²) in [6.07, 6.45) is 9.44. The molecule has 0 amide bonds. The number of phenolic OH excluding ortho intramolecular Hbond substituents is 1. The van der Waals surface area contributed by atoms with Crippen molar-refractivity contribution >= 4 is 0 Å². The summed E-state index contributed by atoms with van der Waals surface area (Å²) in [6, 6.07) is 6.43. The van der Waals surface area contributed by atoms with Gasteiger partial charge in [-0.15, -0.1) is 0 Å². The van der Waals surface area contributed by atoms with Crippen LogP contribution in [0, 0.1) is 11.3 Å². The summed E-state index contributed by atoms with van der Waals surface area (Å²) in [5, 5.41) is 13.4. The van der Waals surface area contributed by atoms with E-state index in [0.29, 0.717) is 17.2 Å². The standard InChI is InChI=1S/C17H23NO/c19-14-6-7-15-12(10-14)2-1-3-16(15)18-11-17(8-9-17)13-4-5-13/h6-7,10,13,16,18-19H,1-5,8-9,11H2. The fourth-order valence-corrected chi connectivity index (χ4v) is 3.92. The lowest BCUT2D eigenvalue weighted by Gasteiger charge is -2.28. The number of nitrogens with one attached hydrogen (secondary N) is 1. The van der Waals surface area contributed by atoms with E-state index in [1.807, 2.05) is 12.1 Å². The predicted molar refractivity (Wildman–Crippen MR) is 76.2 cm³/mol. The molecule has 2 fully saturated rings. The Bertz CT molecular complexity index is 488. The van der Waals surface area contributed by atoms with Crippen LogP contribution < -0.4 is 5.32 Å². The van der Waals surface area contributed by atoms with E-state index in [0.717, 1.165) is 12.3 Å². The molecule has 0 aromatic heterocycles. The zero-order valence-electron chi connectivity index (χ0n) is 11.5. The third-order valence-corrected chi connectivity index (χ3v) is 5.48. The van der Waals surface area contributed by atoms with Crippen LogP contribution in [0.2, 0.25) is 0 Å². The van der Waals surface area contributed by atoms with Gasteiger partial charge < -0.3 is 10.4 Å². The molecule has 0 bridgehead atoms. The number of benzene rings is 1. The van der Waals surface area contributed by atoms with Gasteiger partial charge in [0.25, 0.3) is 0 Å². The Kier molecular flexibility index (Phi) is 2.63. The van der Waals surface area contributed by atoms with Crippen LogP contribution in [0.5, 0.6) is 5.75 Å². The fourth-order valence-electron chi connectivity index (χ4n) is 3.92. The third-order valence-electron chi connectivity index (χ3n) is 5.48. The molecule has 102 valence electrons. The highest BCUT2D eigenvalue weighted by Gasteiger charge is 2.53. The monoisotopic (exact) mass is 257 g/mol. The van der Waals surface area contributed by atoms with E-state index in [9.17, 15) is 5.11 Å². The van der Waals surface area contributed by atoms with Crippen molar-refractivity contribution in [3.8, 4) is 5.75 Å². The molecule has 3 aliphatic rings. The van der Waals surface area contributed by atoms with Crippen molar-refractivity contribution in [2.75, 3.05) is 6.54 Å². The second-order valence-corrected chi connectivity index (χ2v) is 6.85. The average Bonchev–Trinajstić information content (AvgIpc) is 3.27. The third kappa shape index (κ3) is 2.16. The summed E-state index contributed by atoms with van der Waals surface area (Å²) in [6.45, 7) is 1.21. The predicted octanol–water partition coefficient (Wildman–Crippen LogP) is 3.55. The number of hydrogen-bond acceptors (Lipinski definition) is 2. The summed E-state index contributed by atoms with van der Waals surface area (Å²) in [5.74, 6) is 1.44. The van der Waals surface area contributed by atoms with Gasteiger partial charge in [0.1, 0.15) is 5.75 Å². The van der Waals surface area contributed by atoms with Gasteiger partial charge in [-0.25, -0.2) is 0 Å². The normalized spacial score (nSPS) is 27.9. The van der Waals surface area contributed by atoms with Gasteiger partial charge in [0, 0.05) is 12.6 Å². The van der Waals surface area contributed by atoms with Crippen molar-refractivity contribution in [2.24, 2.45) is 11.3 Å². The number of rotatable bonds is 4. The molecule has 2 nitrogen and oxygen atoms in total. The van der Waals surface area contributed by atoms with Gasteiger partial charge in [0.05, 0.1) is 0 Å². The minimum atomic E-state index is 0.413. The van der Waals surface area contributed by atoms with Crippen LogP contribution in [0.15, 0.2) is 18.2 Å². The van der Waals surface area contributed by atoms with Gasteiger partial charge in [0.15, 0.2) is 0 Å². The van der Waals surface area contributed by atoms with E-state index in [4.69, 9.17) is 0 Å². The molecule has 0 spiro atoms. The van der Waals surface area contributed by atoms with Gasteiger partial charge in [-0.2, -0.15) is 0 Å². The number of hydrogen-bond donors (Lipinski definition) is 2. The Morgan fingerprint density at radius 3 is 2.79 bits per heavy atom. The highest BCUT2D eigenvalue weighted by molar-refractivity contribution is 5.38. The SMILES string of the molecule is Oc1ccc2c(c1)CCCC2NCC1(C2CC2)CC1. The Balaban J connectivity index is 1.47. The van der Waals surface area contributed by atoms with E-state index >= 15 is 0 Å². The minimum Gasteiger partial charge on any atom is -0.508 e. The molecular weight excluding hydrogens is 234 g/mol. The Hall–Kier alpha value is -1.02. The average molecular weight is 257 g/mol. The molecule has 0 saturated heterocycles. The summed E-state index contributed by atoms with van der Waals surface area (Å²) < 4.78 is 0. The van der Waals surface area contributed by atoms with Crippen LogP contribution in [0.25, 0.3) is 0 Å². The van der Waals surface area contributed by atoms with Gasteiger partial charge in [0.2, 0.25) is 0 Å². The van der Waals surface area contributed by atoms with Crippen molar-refractivity contribution in [2.45, 2.75) is 51.0 Å². The highest BCUT2D eigenvalue weighted by Crippen LogP contribution is 2.61. The summed E-state index contributed by atoms with van der Waals surface area (Å²) in [5.41, 5.74) is 3.45. The second-order valence-electron chi connectivity index (χ2n) is 6.85. The Morgan fingerprint density at radius 2 is 2.05 bits per heavy atom. The van der Waals surface area contributed by atoms with Gasteiger partial charge in [-0.3, -0.25) is 0 Å². The number of fused-ring (bicyclic) bond motifs is 1. The van der Waals surface area contributed by atoms with E-state index in [2.05, 4.69) is 11.4 Å². The molecule has 0 aliphatic heterocycles. The lowest BCUT2D eigenvalue weighted by Crippen LogP contribution is -2.31. The molecule has 1 aromatic carbocycles. The summed E-state index contributed by atoms with van der Waals surface area (Å²) in [4.78, 5) is 0. The van der Waals surface area contributed by atoms with Crippen molar-refractivity contribution in [3.05, 3.63) is 29.3 Å². The van der Waals surface area contributed by atoms with Crippen molar-refractivity contribution in [3.63, 3.8) is 0 Å². The maximum absolute atomic E-state index is 9.60. The second kappa shape index (κ2) is 4.24. The Morgan fingerprint density at radius 1 is 1.21 bits per heavy atom. The van der Waals surface area contributed by atoms with E-state index < -0.39 is 0 Å². The first-order valence-corrected chi connectivity index (χ1v) is 7.82. The van der Waals surface area contributed by atoms with Crippen LogP contribution >= 0.6 is 0 Å². The molecule has 0 heterocycles. The molecule has 0 radical (unpaired) electrons. The van der Waals surface area contributed by atoms with Crippen molar-refractivity contribution < 1.29 is 5.11 Å². The lowest BCUT2D eigenvalue weighted by molar-refractivity contribution is 0.355. The lowest BCUT2D eigenvalue weighted by atomic mass is 9.87.